The SMILES string of the molecule is CCc1ccc(OC(C)C(=O)Oc2cccc(C(=O)O)c2)cc1. The highest BCUT2D eigenvalue weighted by Gasteiger charge is 2.18. The molecule has 0 aromatic heterocycles. The third-order valence-electron chi connectivity index (χ3n) is 3.28. The monoisotopic (exact) mass is 314 g/mol. The normalized spacial score (nSPS) is 11.6. The number of esters is 1. The molecule has 1 unspecified atom stereocenters. The van der Waals surface area contributed by atoms with Crippen molar-refractivity contribution in [3.05, 3.63) is 59.7 Å². The molecule has 0 saturated heterocycles. The Morgan fingerprint density at radius 2 is 1.78 bits per heavy atom. The molecule has 5 nitrogen and oxygen atoms in total. The summed E-state index contributed by atoms with van der Waals surface area (Å²) in [6, 6.07) is 13.2. The molecule has 2 aromatic rings. The summed E-state index contributed by atoms with van der Waals surface area (Å²) in [6.07, 6.45) is 0.119. The first kappa shape index (κ1) is 16.5. The number of ether oxygens (including phenoxy) is 2. The third kappa shape index (κ3) is 4.57. The molecule has 2 rings (SSSR count). The summed E-state index contributed by atoms with van der Waals surface area (Å²) in [5.41, 5.74) is 1.23. The van der Waals surface area contributed by atoms with Crippen molar-refractivity contribution in [2.75, 3.05) is 0 Å². The van der Waals surface area contributed by atoms with Crippen molar-refractivity contribution >= 4 is 11.9 Å². The van der Waals surface area contributed by atoms with E-state index in [9.17, 15) is 9.59 Å². The van der Waals surface area contributed by atoms with E-state index in [1.165, 1.54) is 29.8 Å². The Morgan fingerprint density at radius 1 is 1.09 bits per heavy atom. The predicted octanol–water partition coefficient (Wildman–Crippen LogP) is 3.32. The van der Waals surface area contributed by atoms with Gasteiger partial charge in [0.1, 0.15) is 11.5 Å². The van der Waals surface area contributed by atoms with E-state index >= 15 is 0 Å². The average molecular weight is 314 g/mol. The molecular weight excluding hydrogens is 296 g/mol. The zero-order chi connectivity index (χ0) is 16.8. The van der Waals surface area contributed by atoms with E-state index in [-0.39, 0.29) is 11.3 Å². The maximum absolute atomic E-state index is 12.0. The summed E-state index contributed by atoms with van der Waals surface area (Å²) in [4.78, 5) is 22.9. The second-order valence-corrected chi connectivity index (χ2v) is 5.01. The maximum atomic E-state index is 12.0. The molecule has 1 atom stereocenters. The van der Waals surface area contributed by atoms with E-state index in [0.29, 0.717) is 5.75 Å². The first-order valence-corrected chi connectivity index (χ1v) is 7.30. The molecule has 0 aliphatic heterocycles. The fourth-order valence-corrected chi connectivity index (χ4v) is 1.95. The molecule has 0 bridgehead atoms. The minimum atomic E-state index is -1.08. The van der Waals surface area contributed by atoms with Gasteiger partial charge in [0, 0.05) is 0 Å². The summed E-state index contributed by atoms with van der Waals surface area (Å²) in [6.45, 7) is 3.64. The zero-order valence-electron chi connectivity index (χ0n) is 13.0. The lowest BCUT2D eigenvalue weighted by molar-refractivity contribution is -0.141. The van der Waals surface area contributed by atoms with Gasteiger partial charge in [-0.05, 0) is 49.2 Å². The molecule has 0 fully saturated rings. The second-order valence-electron chi connectivity index (χ2n) is 5.01. The number of hydrogen-bond acceptors (Lipinski definition) is 4. The van der Waals surface area contributed by atoms with Crippen molar-refractivity contribution < 1.29 is 24.2 Å². The van der Waals surface area contributed by atoms with Crippen molar-refractivity contribution in [3.8, 4) is 11.5 Å². The van der Waals surface area contributed by atoms with Crippen molar-refractivity contribution in [2.45, 2.75) is 26.4 Å². The fourth-order valence-electron chi connectivity index (χ4n) is 1.95. The van der Waals surface area contributed by atoms with Gasteiger partial charge in [-0.25, -0.2) is 9.59 Å². The maximum Gasteiger partial charge on any atom is 0.352 e. The minimum Gasteiger partial charge on any atom is -0.479 e. The van der Waals surface area contributed by atoms with Gasteiger partial charge in [0.2, 0.25) is 0 Å². The van der Waals surface area contributed by atoms with Gasteiger partial charge in [0.05, 0.1) is 5.56 Å². The van der Waals surface area contributed by atoms with Crippen molar-refractivity contribution in [2.24, 2.45) is 0 Å². The summed E-state index contributed by atoms with van der Waals surface area (Å²) in [5.74, 6) is -0.923. The Labute approximate surface area is 134 Å². The molecule has 0 radical (unpaired) electrons. The van der Waals surface area contributed by atoms with E-state index in [1.807, 2.05) is 12.1 Å². The van der Waals surface area contributed by atoms with Gasteiger partial charge in [-0.3, -0.25) is 0 Å². The second kappa shape index (κ2) is 7.45. The molecule has 120 valence electrons. The van der Waals surface area contributed by atoms with E-state index < -0.39 is 18.0 Å². The van der Waals surface area contributed by atoms with Crippen LogP contribution in [-0.4, -0.2) is 23.1 Å². The highest BCUT2D eigenvalue weighted by Crippen LogP contribution is 2.17. The molecule has 5 heteroatoms. The average Bonchev–Trinajstić information content (AvgIpc) is 2.55. The van der Waals surface area contributed by atoms with Crippen LogP contribution in [0.15, 0.2) is 48.5 Å². The molecule has 1 N–H and O–H groups in total. The lowest BCUT2D eigenvalue weighted by atomic mass is 10.2. The first-order chi connectivity index (χ1) is 11.0. The number of carbonyl (C=O) groups is 2. The lowest BCUT2D eigenvalue weighted by Crippen LogP contribution is -2.28. The predicted molar refractivity (Wildman–Crippen MR) is 84.9 cm³/mol. The van der Waals surface area contributed by atoms with E-state index in [1.54, 1.807) is 19.1 Å². The van der Waals surface area contributed by atoms with Gasteiger partial charge < -0.3 is 14.6 Å². The van der Waals surface area contributed by atoms with E-state index in [2.05, 4.69) is 6.92 Å². The van der Waals surface area contributed by atoms with E-state index in [0.717, 1.165) is 6.42 Å². The van der Waals surface area contributed by atoms with Gasteiger partial charge in [-0.1, -0.05) is 25.1 Å². The van der Waals surface area contributed by atoms with Crippen LogP contribution in [0.1, 0.15) is 29.8 Å². The number of hydrogen-bond donors (Lipinski definition) is 1. The lowest BCUT2D eigenvalue weighted by Gasteiger charge is -2.14. The molecule has 0 heterocycles. The molecule has 0 spiro atoms. The number of aryl methyl sites for hydroxylation is 1. The highest BCUT2D eigenvalue weighted by atomic mass is 16.6. The van der Waals surface area contributed by atoms with Gasteiger partial charge >= 0.3 is 11.9 Å². The number of carboxylic acid groups (broad SMARTS) is 1. The molecule has 0 aliphatic rings. The fraction of sp³-hybridized carbons (Fsp3) is 0.222. The van der Waals surface area contributed by atoms with Crippen LogP contribution in [0.4, 0.5) is 0 Å². The smallest absolute Gasteiger partial charge is 0.352 e. The largest absolute Gasteiger partial charge is 0.479 e. The van der Waals surface area contributed by atoms with Crippen LogP contribution in [0.3, 0.4) is 0 Å². The van der Waals surface area contributed by atoms with Crippen LogP contribution in [-0.2, 0) is 11.2 Å². The number of carbonyl (C=O) groups excluding carboxylic acids is 1. The highest BCUT2D eigenvalue weighted by molar-refractivity contribution is 5.88. The summed E-state index contributed by atoms with van der Waals surface area (Å²) >= 11 is 0. The molecule has 2 aromatic carbocycles. The van der Waals surface area contributed by atoms with E-state index in [4.69, 9.17) is 14.6 Å². The third-order valence-corrected chi connectivity index (χ3v) is 3.28. The number of carboxylic acids is 1. The minimum absolute atomic E-state index is 0.0547. The summed E-state index contributed by atoms with van der Waals surface area (Å²) in [5, 5.41) is 8.92. The van der Waals surface area contributed by atoms with Crippen LogP contribution in [0.5, 0.6) is 11.5 Å². The van der Waals surface area contributed by atoms with Crippen molar-refractivity contribution in [3.63, 3.8) is 0 Å². The molecular formula is C18H18O5. The van der Waals surface area contributed by atoms with Gasteiger partial charge in [-0.2, -0.15) is 0 Å². The van der Waals surface area contributed by atoms with Gasteiger partial charge in [0.15, 0.2) is 6.10 Å². The number of benzene rings is 2. The standard InChI is InChI=1S/C18H18O5/c1-3-13-7-9-15(10-8-13)22-12(2)18(21)23-16-6-4-5-14(11-16)17(19)20/h4-12H,3H2,1-2H3,(H,19,20). The first-order valence-electron chi connectivity index (χ1n) is 7.30. The van der Waals surface area contributed by atoms with Gasteiger partial charge in [-0.15, -0.1) is 0 Å². The Balaban J connectivity index is 1.99. The van der Waals surface area contributed by atoms with Crippen molar-refractivity contribution in [1.82, 2.24) is 0 Å². The Hall–Kier alpha value is -2.82. The molecule has 0 aliphatic carbocycles. The van der Waals surface area contributed by atoms with Crippen molar-refractivity contribution in [1.29, 1.82) is 0 Å². The Bertz CT molecular complexity index is 691. The van der Waals surface area contributed by atoms with Crippen LogP contribution >= 0.6 is 0 Å². The van der Waals surface area contributed by atoms with Gasteiger partial charge in [0.25, 0.3) is 0 Å². The summed E-state index contributed by atoms with van der Waals surface area (Å²) in [7, 11) is 0. The molecule has 0 saturated carbocycles. The van der Waals surface area contributed by atoms with Crippen LogP contribution < -0.4 is 9.47 Å². The summed E-state index contributed by atoms with van der Waals surface area (Å²) < 4.78 is 10.7. The van der Waals surface area contributed by atoms with Crippen LogP contribution in [0.25, 0.3) is 0 Å². The van der Waals surface area contributed by atoms with Crippen LogP contribution in [0, 0.1) is 0 Å². The number of aromatic carboxylic acids is 1. The molecule has 0 amide bonds. The zero-order valence-corrected chi connectivity index (χ0v) is 13.0. The topological polar surface area (TPSA) is 72.8 Å². The Morgan fingerprint density at radius 3 is 2.39 bits per heavy atom. The van der Waals surface area contributed by atoms with Crippen LogP contribution in [0.2, 0.25) is 0 Å². The molecule has 23 heavy (non-hydrogen) atoms. The number of rotatable bonds is 6. The quantitative estimate of drug-likeness (QED) is 0.654. The Kier molecular flexibility index (Phi) is 5.36.